The Morgan fingerprint density at radius 1 is 1.30 bits per heavy atom. The smallest absolute Gasteiger partial charge is 0.242 e. The van der Waals surface area contributed by atoms with E-state index in [2.05, 4.69) is 10.0 Å². The molecule has 1 heterocycles. The van der Waals surface area contributed by atoms with Crippen molar-refractivity contribution in [3.05, 3.63) is 54.0 Å². The number of nitrogens with one attached hydrogen (secondary N) is 2. The van der Waals surface area contributed by atoms with E-state index < -0.39 is 22.5 Å². The van der Waals surface area contributed by atoms with E-state index in [1.165, 1.54) is 24.5 Å². The number of nitrogens with zero attached hydrogens (tertiary/aromatic N) is 1. The van der Waals surface area contributed by atoms with Gasteiger partial charge in [-0.25, -0.2) is 13.1 Å². The van der Waals surface area contributed by atoms with Crippen molar-refractivity contribution in [2.45, 2.75) is 17.9 Å². The van der Waals surface area contributed by atoms with Crippen LogP contribution in [-0.4, -0.2) is 20.9 Å². The van der Waals surface area contributed by atoms with Gasteiger partial charge in [-0.2, -0.15) is 5.26 Å². The highest BCUT2D eigenvalue weighted by molar-refractivity contribution is 7.89. The number of carbonyl (C=O) groups is 1. The van der Waals surface area contributed by atoms with Crippen LogP contribution in [-0.2, 0) is 14.8 Å². The maximum Gasteiger partial charge on any atom is 0.242 e. The van der Waals surface area contributed by atoms with Crippen LogP contribution in [0.4, 0.5) is 0 Å². The molecule has 2 N–H and O–H groups in total. The molecule has 8 heteroatoms. The minimum atomic E-state index is -3.94. The molecule has 1 atom stereocenters. The fraction of sp³-hybridized carbons (Fsp3) is 0.200. The molecule has 0 spiro atoms. The first-order valence-electron chi connectivity index (χ1n) is 6.75. The summed E-state index contributed by atoms with van der Waals surface area (Å²) in [6.07, 6.45) is 1.49. The molecule has 0 bridgehead atoms. The maximum atomic E-state index is 12.2. The van der Waals surface area contributed by atoms with Gasteiger partial charge in [0.25, 0.3) is 0 Å². The number of sulfonamides is 1. The highest BCUT2D eigenvalue weighted by atomic mass is 32.2. The molecule has 1 aromatic heterocycles. The van der Waals surface area contributed by atoms with Crippen molar-refractivity contribution < 1.29 is 17.6 Å². The lowest BCUT2D eigenvalue weighted by Crippen LogP contribution is -2.38. The van der Waals surface area contributed by atoms with Crippen molar-refractivity contribution >= 4 is 15.9 Å². The minimum absolute atomic E-state index is 0.0179. The summed E-state index contributed by atoms with van der Waals surface area (Å²) < 4.78 is 31.7. The molecule has 2 aromatic rings. The largest absolute Gasteiger partial charge is 0.467 e. The Hall–Kier alpha value is -2.63. The molecule has 0 aliphatic rings. The van der Waals surface area contributed by atoms with Gasteiger partial charge < -0.3 is 9.73 Å². The molecule has 23 heavy (non-hydrogen) atoms. The summed E-state index contributed by atoms with van der Waals surface area (Å²) in [5.74, 6) is 0.0583. The number of furan rings is 1. The average Bonchev–Trinajstić information content (AvgIpc) is 3.07. The van der Waals surface area contributed by atoms with Crippen LogP contribution in [0.2, 0.25) is 0 Å². The van der Waals surface area contributed by atoms with E-state index in [0.29, 0.717) is 5.76 Å². The molecule has 0 unspecified atom stereocenters. The second-order valence-electron chi connectivity index (χ2n) is 4.74. The minimum Gasteiger partial charge on any atom is -0.467 e. The van der Waals surface area contributed by atoms with Crippen LogP contribution < -0.4 is 10.0 Å². The van der Waals surface area contributed by atoms with Gasteiger partial charge in [-0.05, 0) is 31.2 Å². The van der Waals surface area contributed by atoms with Gasteiger partial charge in [0.2, 0.25) is 15.9 Å². The van der Waals surface area contributed by atoms with Gasteiger partial charge in [-0.1, -0.05) is 12.1 Å². The first-order chi connectivity index (χ1) is 10.9. The average molecular weight is 333 g/mol. The molecule has 0 fully saturated rings. The number of amides is 1. The van der Waals surface area contributed by atoms with Gasteiger partial charge in [-0.3, -0.25) is 4.79 Å². The second kappa shape index (κ2) is 7.09. The highest BCUT2D eigenvalue weighted by Crippen LogP contribution is 2.14. The predicted molar refractivity (Wildman–Crippen MR) is 81.6 cm³/mol. The number of benzene rings is 1. The molecular formula is C15H15N3O4S. The van der Waals surface area contributed by atoms with Crippen molar-refractivity contribution in [1.82, 2.24) is 10.0 Å². The van der Waals surface area contributed by atoms with Crippen molar-refractivity contribution in [3.8, 4) is 6.07 Å². The van der Waals surface area contributed by atoms with E-state index in [0.717, 1.165) is 0 Å². The summed E-state index contributed by atoms with van der Waals surface area (Å²) in [7, 11) is -3.94. The molecule has 7 nitrogen and oxygen atoms in total. The highest BCUT2D eigenvalue weighted by Gasteiger charge is 2.20. The van der Waals surface area contributed by atoms with E-state index in [-0.39, 0.29) is 16.5 Å². The third kappa shape index (κ3) is 4.18. The number of carbonyl (C=O) groups excluding carboxylic acids is 1. The Balaban J connectivity index is 1.99. The van der Waals surface area contributed by atoms with Gasteiger partial charge in [0, 0.05) is 0 Å². The quantitative estimate of drug-likeness (QED) is 0.827. The summed E-state index contributed by atoms with van der Waals surface area (Å²) in [5.41, 5.74) is 0.0179. The molecule has 2 rings (SSSR count). The van der Waals surface area contributed by atoms with E-state index in [1.807, 2.05) is 6.07 Å². The van der Waals surface area contributed by atoms with Crippen LogP contribution in [0.15, 0.2) is 52.0 Å². The third-order valence-electron chi connectivity index (χ3n) is 3.07. The molecule has 1 amide bonds. The van der Waals surface area contributed by atoms with Crippen LogP contribution in [0, 0.1) is 11.3 Å². The Kier molecular flexibility index (Phi) is 5.16. The molecule has 120 valence electrons. The topological polar surface area (TPSA) is 112 Å². The lowest BCUT2D eigenvalue weighted by Gasteiger charge is -2.12. The number of nitriles is 1. The van der Waals surface area contributed by atoms with E-state index >= 15 is 0 Å². The summed E-state index contributed by atoms with van der Waals surface area (Å²) in [4.78, 5) is 11.7. The van der Waals surface area contributed by atoms with E-state index in [4.69, 9.17) is 9.68 Å². The Morgan fingerprint density at radius 2 is 2.04 bits per heavy atom. The Bertz CT molecular complexity index is 823. The number of rotatable bonds is 6. The summed E-state index contributed by atoms with van der Waals surface area (Å²) in [6.45, 7) is 1.28. The van der Waals surface area contributed by atoms with Crippen LogP contribution in [0.3, 0.4) is 0 Å². The fourth-order valence-corrected chi connectivity index (χ4v) is 3.07. The number of hydrogen-bond donors (Lipinski definition) is 2. The molecular weight excluding hydrogens is 318 g/mol. The van der Waals surface area contributed by atoms with Gasteiger partial charge in [-0.15, -0.1) is 0 Å². The molecule has 0 aliphatic heterocycles. The van der Waals surface area contributed by atoms with Crippen molar-refractivity contribution in [2.75, 3.05) is 6.54 Å². The summed E-state index contributed by atoms with van der Waals surface area (Å²) >= 11 is 0. The SMILES string of the molecule is C[C@H](NC(=O)CNS(=O)(=O)c1ccccc1C#N)c1ccco1. The predicted octanol–water partition coefficient (Wildman–Crippen LogP) is 1.31. The summed E-state index contributed by atoms with van der Waals surface area (Å²) in [6, 6.07) is 10.6. The van der Waals surface area contributed by atoms with Gasteiger partial charge in [0.1, 0.15) is 11.8 Å². The van der Waals surface area contributed by atoms with E-state index in [9.17, 15) is 13.2 Å². The van der Waals surface area contributed by atoms with Crippen molar-refractivity contribution in [3.63, 3.8) is 0 Å². The standard InChI is InChI=1S/C15H15N3O4S/c1-11(13-6-4-8-22-13)18-15(19)10-17-23(20,21)14-7-3-2-5-12(14)9-16/h2-8,11,17H,10H2,1H3,(H,18,19)/t11-/m0/s1. The second-order valence-corrected chi connectivity index (χ2v) is 6.47. The molecule has 1 aromatic carbocycles. The number of hydrogen-bond acceptors (Lipinski definition) is 5. The van der Waals surface area contributed by atoms with Gasteiger partial charge in [0.15, 0.2) is 0 Å². The first-order valence-corrected chi connectivity index (χ1v) is 8.24. The molecule has 0 saturated carbocycles. The van der Waals surface area contributed by atoms with E-state index in [1.54, 1.807) is 25.1 Å². The third-order valence-corrected chi connectivity index (χ3v) is 4.53. The zero-order valence-corrected chi connectivity index (χ0v) is 13.1. The lowest BCUT2D eigenvalue weighted by molar-refractivity contribution is -0.120. The van der Waals surface area contributed by atoms with Crippen LogP contribution in [0.5, 0.6) is 0 Å². The molecule has 0 saturated heterocycles. The summed E-state index contributed by atoms with van der Waals surface area (Å²) in [5, 5.41) is 11.6. The molecule has 0 radical (unpaired) electrons. The Morgan fingerprint density at radius 3 is 2.70 bits per heavy atom. The van der Waals surface area contributed by atoms with Crippen molar-refractivity contribution in [1.29, 1.82) is 5.26 Å². The monoisotopic (exact) mass is 333 g/mol. The van der Waals surface area contributed by atoms with Gasteiger partial charge >= 0.3 is 0 Å². The van der Waals surface area contributed by atoms with Crippen LogP contribution >= 0.6 is 0 Å². The van der Waals surface area contributed by atoms with Gasteiger partial charge in [0.05, 0.1) is 29.3 Å². The van der Waals surface area contributed by atoms with Crippen LogP contribution in [0.1, 0.15) is 24.3 Å². The Labute approximate surface area is 134 Å². The zero-order valence-electron chi connectivity index (χ0n) is 12.3. The molecule has 0 aliphatic carbocycles. The normalized spacial score (nSPS) is 12.3. The van der Waals surface area contributed by atoms with Crippen molar-refractivity contribution in [2.24, 2.45) is 0 Å². The maximum absolute atomic E-state index is 12.2. The fourth-order valence-electron chi connectivity index (χ4n) is 1.93. The van der Waals surface area contributed by atoms with Crippen LogP contribution in [0.25, 0.3) is 0 Å². The lowest BCUT2D eigenvalue weighted by atomic mass is 10.2. The zero-order chi connectivity index (χ0) is 16.9. The first kappa shape index (κ1) is 16.7.